The maximum Gasteiger partial charge on any atom is 0.224 e. The summed E-state index contributed by atoms with van der Waals surface area (Å²) in [7, 11) is 0. The van der Waals surface area contributed by atoms with E-state index in [9.17, 15) is 0 Å². The van der Waals surface area contributed by atoms with Crippen molar-refractivity contribution in [3.05, 3.63) is 29.9 Å². The zero-order valence-corrected chi connectivity index (χ0v) is 8.59. The van der Waals surface area contributed by atoms with Gasteiger partial charge in [0.2, 0.25) is 5.28 Å². The number of halogens is 1. The molecular weight excluding hydrogens is 216 g/mol. The summed E-state index contributed by atoms with van der Waals surface area (Å²) in [5, 5.41) is 10.9. The van der Waals surface area contributed by atoms with Crippen LogP contribution in [0.5, 0.6) is 0 Å². The fraction of sp³-hybridized carbons (Fsp3) is 0.250. The summed E-state index contributed by atoms with van der Waals surface area (Å²) in [4.78, 5) is 7.77. The minimum Gasteiger partial charge on any atom is -0.368 e. The van der Waals surface area contributed by atoms with E-state index in [1.165, 1.54) is 0 Å². The van der Waals surface area contributed by atoms with Gasteiger partial charge in [0.15, 0.2) is 0 Å². The molecule has 1 N–H and O–H groups in total. The van der Waals surface area contributed by atoms with Crippen LogP contribution in [0.25, 0.3) is 0 Å². The number of rotatable bonds is 4. The third-order valence-electron chi connectivity index (χ3n) is 1.75. The van der Waals surface area contributed by atoms with Crippen molar-refractivity contribution in [2.24, 2.45) is 0 Å². The Hall–Kier alpha value is -1.69. The molecule has 0 aromatic carbocycles. The number of aromatic nitrogens is 5. The molecule has 2 aromatic heterocycles. The van der Waals surface area contributed by atoms with Gasteiger partial charge in [0.1, 0.15) is 5.82 Å². The quantitative estimate of drug-likeness (QED) is 0.780. The molecule has 0 atom stereocenters. The number of nitrogens with zero attached hydrogens (tertiary/aromatic N) is 5. The van der Waals surface area contributed by atoms with Crippen LogP contribution in [0, 0.1) is 0 Å². The summed E-state index contributed by atoms with van der Waals surface area (Å²) in [5.41, 5.74) is 0. The van der Waals surface area contributed by atoms with Crippen LogP contribution in [0.15, 0.2) is 24.7 Å². The zero-order valence-electron chi connectivity index (χ0n) is 7.84. The zero-order chi connectivity index (χ0) is 10.5. The largest absolute Gasteiger partial charge is 0.368 e. The molecule has 0 unspecified atom stereocenters. The van der Waals surface area contributed by atoms with Gasteiger partial charge < -0.3 is 5.32 Å². The predicted molar refractivity (Wildman–Crippen MR) is 55.6 cm³/mol. The molecule has 0 radical (unpaired) electrons. The van der Waals surface area contributed by atoms with E-state index in [4.69, 9.17) is 11.6 Å². The molecule has 0 fully saturated rings. The van der Waals surface area contributed by atoms with Gasteiger partial charge in [-0.3, -0.25) is 4.68 Å². The average molecular weight is 225 g/mol. The first-order valence-corrected chi connectivity index (χ1v) is 4.79. The average Bonchev–Trinajstić information content (AvgIpc) is 2.71. The van der Waals surface area contributed by atoms with Crippen LogP contribution in [0.4, 0.5) is 5.82 Å². The minimum absolute atomic E-state index is 0.237. The van der Waals surface area contributed by atoms with Crippen molar-refractivity contribution in [2.75, 3.05) is 11.9 Å². The summed E-state index contributed by atoms with van der Waals surface area (Å²) in [6, 6.07) is 1.76. The van der Waals surface area contributed by atoms with E-state index in [2.05, 4.69) is 25.6 Å². The molecule has 0 spiro atoms. The maximum absolute atomic E-state index is 5.63. The molecule has 6 nitrogen and oxygen atoms in total. The maximum atomic E-state index is 5.63. The summed E-state index contributed by atoms with van der Waals surface area (Å²) in [6.07, 6.45) is 5.04. The molecule has 0 aliphatic rings. The van der Waals surface area contributed by atoms with Crippen LogP contribution in [-0.4, -0.2) is 31.5 Å². The highest BCUT2D eigenvalue weighted by molar-refractivity contribution is 6.28. The summed E-state index contributed by atoms with van der Waals surface area (Å²) < 4.78 is 1.73. The predicted octanol–water partition coefficient (Wildman–Crippen LogP) is 0.834. The Morgan fingerprint density at radius 3 is 3.07 bits per heavy atom. The molecule has 0 amide bonds. The lowest BCUT2D eigenvalue weighted by atomic mass is 10.5. The van der Waals surface area contributed by atoms with E-state index in [0.29, 0.717) is 12.4 Å². The lowest BCUT2D eigenvalue weighted by Crippen LogP contribution is -2.11. The highest BCUT2D eigenvalue weighted by Gasteiger charge is 1.96. The lowest BCUT2D eigenvalue weighted by molar-refractivity contribution is 0.608. The Kier molecular flexibility index (Phi) is 3.08. The third kappa shape index (κ3) is 2.88. The van der Waals surface area contributed by atoms with Gasteiger partial charge in [-0.1, -0.05) is 5.21 Å². The van der Waals surface area contributed by atoms with Crippen molar-refractivity contribution in [1.29, 1.82) is 0 Å². The molecule has 78 valence electrons. The van der Waals surface area contributed by atoms with E-state index >= 15 is 0 Å². The Balaban J connectivity index is 1.83. The SMILES string of the molecule is Clc1nccc(NCCn2ccnn2)n1. The summed E-state index contributed by atoms with van der Waals surface area (Å²) >= 11 is 5.63. The minimum atomic E-state index is 0.237. The van der Waals surface area contributed by atoms with Crippen LogP contribution in [0.1, 0.15) is 0 Å². The molecule has 0 aliphatic heterocycles. The van der Waals surface area contributed by atoms with Crippen LogP contribution in [-0.2, 0) is 6.54 Å². The number of hydrogen-bond donors (Lipinski definition) is 1. The first-order chi connectivity index (χ1) is 7.34. The normalized spacial score (nSPS) is 10.2. The molecule has 0 aliphatic carbocycles. The van der Waals surface area contributed by atoms with Crippen LogP contribution < -0.4 is 5.32 Å². The monoisotopic (exact) mass is 224 g/mol. The van der Waals surface area contributed by atoms with Gasteiger partial charge in [-0.2, -0.15) is 0 Å². The number of anilines is 1. The van der Waals surface area contributed by atoms with Gasteiger partial charge in [0, 0.05) is 18.9 Å². The van der Waals surface area contributed by atoms with E-state index in [1.807, 2.05) is 0 Å². The van der Waals surface area contributed by atoms with E-state index in [-0.39, 0.29) is 5.28 Å². The fourth-order valence-electron chi connectivity index (χ4n) is 1.08. The smallest absolute Gasteiger partial charge is 0.224 e. The van der Waals surface area contributed by atoms with Crippen molar-refractivity contribution in [3.8, 4) is 0 Å². The highest BCUT2D eigenvalue weighted by Crippen LogP contribution is 2.04. The van der Waals surface area contributed by atoms with Crippen molar-refractivity contribution < 1.29 is 0 Å². The van der Waals surface area contributed by atoms with Crippen LogP contribution in [0.3, 0.4) is 0 Å². The molecule has 7 heteroatoms. The van der Waals surface area contributed by atoms with Crippen molar-refractivity contribution >= 4 is 17.4 Å². The van der Waals surface area contributed by atoms with Gasteiger partial charge in [0.25, 0.3) is 0 Å². The molecular formula is C8H9ClN6. The molecule has 0 bridgehead atoms. The Bertz CT molecular complexity index is 415. The Morgan fingerprint density at radius 2 is 2.33 bits per heavy atom. The highest BCUT2D eigenvalue weighted by atomic mass is 35.5. The second kappa shape index (κ2) is 4.70. The first kappa shape index (κ1) is 9.85. The van der Waals surface area contributed by atoms with Crippen LogP contribution >= 0.6 is 11.6 Å². The van der Waals surface area contributed by atoms with Gasteiger partial charge in [-0.15, -0.1) is 5.10 Å². The molecule has 2 aromatic rings. The van der Waals surface area contributed by atoms with Crippen molar-refractivity contribution in [2.45, 2.75) is 6.54 Å². The molecule has 0 saturated carbocycles. The summed E-state index contributed by atoms with van der Waals surface area (Å²) in [5.74, 6) is 0.704. The second-order valence-electron chi connectivity index (χ2n) is 2.80. The number of hydrogen-bond acceptors (Lipinski definition) is 5. The van der Waals surface area contributed by atoms with Crippen LogP contribution in [0.2, 0.25) is 5.28 Å². The Morgan fingerprint density at radius 1 is 1.40 bits per heavy atom. The fourth-order valence-corrected chi connectivity index (χ4v) is 1.23. The summed E-state index contributed by atoms with van der Waals surface area (Å²) in [6.45, 7) is 1.43. The van der Waals surface area contributed by atoms with Crippen molar-refractivity contribution in [3.63, 3.8) is 0 Å². The first-order valence-electron chi connectivity index (χ1n) is 4.41. The van der Waals surface area contributed by atoms with Crippen molar-refractivity contribution in [1.82, 2.24) is 25.0 Å². The molecule has 0 saturated heterocycles. The second-order valence-corrected chi connectivity index (χ2v) is 3.14. The number of nitrogens with one attached hydrogen (secondary N) is 1. The van der Waals surface area contributed by atoms with E-state index < -0.39 is 0 Å². The molecule has 2 heterocycles. The lowest BCUT2D eigenvalue weighted by Gasteiger charge is -2.04. The van der Waals surface area contributed by atoms with Gasteiger partial charge in [0.05, 0.1) is 12.7 Å². The topological polar surface area (TPSA) is 68.5 Å². The molecule has 15 heavy (non-hydrogen) atoms. The Labute approximate surface area is 91.3 Å². The van der Waals surface area contributed by atoms with E-state index in [0.717, 1.165) is 6.54 Å². The molecule has 2 rings (SSSR count). The third-order valence-corrected chi connectivity index (χ3v) is 1.93. The van der Waals surface area contributed by atoms with Gasteiger partial charge >= 0.3 is 0 Å². The van der Waals surface area contributed by atoms with Gasteiger partial charge in [-0.05, 0) is 17.7 Å². The van der Waals surface area contributed by atoms with Gasteiger partial charge in [-0.25, -0.2) is 9.97 Å². The standard InChI is InChI=1S/C8H9ClN6/c9-8-11-2-1-7(13-8)10-3-5-15-6-4-12-14-15/h1-2,4,6H,3,5H2,(H,10,11,13). The van der Waals surface area contributed by atoms with E-state index in [1.54, 1.807) is 29.3 Å².